The third-order valence-corrected chi connectivity index (χ3v) is 5.81. The van der Waals surface area contributed by atoms with Crippen molar-refractivity contribution in [2.75, 3.05) is 60.0 Å². The van der Waals surface area contributed by atoms with Gasteiger partial charge >= 0.3 is 0 Å². The molecule has 1 aromatic rings. The lowest BCUT2D eigenvalue weighted by atomic mass is 10.0. The number of rotatable bonds is 9. The number of carbonyl (C=O) groups excluding carboxylic acids is 1. The summed E-state index contributed by atoms with van der Waals surface area (Å²) in [6.45, 7) is 7.28. The van der Waals surface area contributed by atoms with Crippen LogP contribution < -0.4 is 10.1 Å². The number of hydrogen-bond acceptors (Lipinski definition) is 5. The number of likely N-dealkylation sites (N-methyl/N-ethyl adjacent to an activating group) is 1. The van der Waals surface area contributed by atoms with E-state index in [1.807, 2.05) is 23.1 Å². The molecule has 2 fully saturated rings. The summed E-state index contributed by atoms with van der Waals surface area (Å²) >= 11 is 0. The van der Waals surface area contributed by atoms with Crippen molar-refractivity contribution >= 4 is 5.91 Å². The molecule has 28 heavy (non-hydrogen) atoms. The normalized spacial score (nSPS) is 18.8. The number of para-hydroxylation sites is 1. The fourth-order valence-electron chi connectivity index (χ4n) is 3.94. The molecule has 1 amide bonds. The van der Waals surface area contributed by atoms with Crippen LogP contribution in [0.15, 0.2) is 24.3 Å². The molecule has 3 rings (SSSR count). The van der Waals surface area contributed by atoms with E-state index >= 15 is 0 Å². The summed E-state index contributed by atoms with van der Waals surface area (Å²) in [7, 11) is 4.26. The molecule has 0 unspecified atom stereocenters. The van der Waals surface area contributed by atoms with E-state index in [-0.39, 0.29) is 12.5 Å². The number of likely N-dealkylation sites (tertiary alicyclic amines) is 2. The summed E-state index contributed by atoms with van der Waals surface area (Å²) in [6.07, 6.45) is 4.59. The van der Waals surface area contributed by atoms with Crippen molar-refractivity contribution in [1.29, 1.82) is 0 Å². The van der Waals surface area contributed by atoms with Crippen LogP contribution in [0, 0.1) is 0 Å². The summed E-state index contributed by atoms with van der Waals surface area (Å²) < 4.78 is 5.88. The van der Waals surface area contributed by atoms with Gasteiger partial charge in [-0.25, -0.2) is 0 Å². The molecule has 2 heterocycles. The lowest BCUT2D eigenvalue weighted by Gasteiger charge is -2.33. The smallest absolute Gasteiger partial charge is 0.260 e. The first-order chi connectivity index (χ1) is 13.6. The topological polar surface area (TPSA) is 48.1 Å². The second-order valence-electron chi connectivity index (χ2n) is 8.28. The molecule has 0 spiro atoms. The van der Waals surface area contributed by atoms with E-state index in [2.05, 4.69) is 35.3 Å². The second-order valence-corrected chi connectivity index (χ2v) is 8.28. The number of nitrogens with one attached hydrogen (secondary N) is 1. The van der Waals surface area contributed by atoms with Crippen molar-refractivity contribution < 1.29 is 9.53 Å². The SMILES string of the molecule is CN(C)CCN1CCC(NCc2ccccc2OCC(=O)N2CCCC2)CC1. The molecule has 0 aliphatic carbocycles. The van der Waals surface area contributed by atoms with Crippen molar-refractivity contribution in [2.45, 2.75) is 38.3 Å². The van der Waals surface area contributed by atoms with E-state index in [0.29, 0.717) is 6.04 Å². The molecule has 156 valence electrons. The van der Waals surface area contributed by atoms with E-state index in [9.17, 15) is 4.79 Å². The van der Waals surface area contributed by atoms with Crippen molar-refractivity contribution in [1.82, 2.24) is 20.0 Å². The van der Waals surface area contributed by atoms with Crippen LogP contribution in [-0.2, 0) is 11.3 Å². The van der Waals surface area contributed by atoms with E-state index in [0.717, 1.165) is 70.0 Å². The van der Waals surface area contributed by atoms with Gasteiger partial charge in [-0.3, -0.25) is 4.79 Å². The summed E-state index contributed by atoms with van der Waals surface area (Å²) in [5, 5.41) is 3.69. The monoisotopic (exact) mass is 388 g/mol. The van der Waals surface area contributed by atoms with Crippen molar-refractivity contribution in [3.63, 3.8) is 0 Å². The van der Waals surface area contributed by atoms with Crippen LogP contribution in [-0.4, -0.2) is 86.6 Å². The maximum absolute atomic E-state index is 12.2. The lowest BCUT2D eigenvalue weighted by Crippen LogP contribution is -2.44. The second kappa shape index (κ2) is 10.8. The van der Waals surface area contributed by atoms with Crippen LogP contribution in [0.5, 0.6) is 5.75 Å². The van der Waals surface area contributed by atoms with Crippen LogP contribution in [0.3, 0.4) is 0 Å². The van der Waals surface area contributed by atoms with Crippen LogP contribution in [0.4, 0.5) is 0 Å². The Kier molecular flexibility index (Phi) is 8.13. The molecule has 1 aromatic carbocycles. The Morgan fingerprint density at radius 1 is 1.14 bits per heavy atom. The minimum atomic E-state index is 0.102. The number of piperidine rings is 1. The Hall–Kier alpha value is -1.63. The third-order valence-electron chi connectivity index (χ3n) is 5.81. The minimum Gasteiger partial charge on any atom is -0.483 e. The van der Waals surface area contributed by atoms with Gasteiger partial charge in [0.15, 0.2) is 6.61 Å². The van der Waals surface area contributed by atoms with Crippen LogP contribution >= 0.6 is 0 Å². The standard InChI is InChI=1S/C22H36N4O2/c1-24(2)15-16-25-13-9-20(10-14-25)23-17-19-7-3-4-8-21(19)28-18-22(27)26-11-5-6-12-26/h3-4,7-8,20,23H,5-6,9-18H2,1-2H3. The zero-order valence-electron chi connectivity index (χ0n) is 17.5. The molecule has 0 saturated carbocycles. The maximum atomic E-state index is 12.2. The fourth-order valence-corrected chi connectivity index (χ4v) is 3.94. The van der Waals surface area contributed by atoms with Crippen molar-refractivity contribution in [2.24, 2.45) is 0 Å². The maximum Gasteiger partial charge on any atom is 0.260 e. The molecule has 1 N–H and O–H groups in total. The van der Waals surface area contributed by atoms with E-state index in [1.165, 1.54) is 12.8 Å². The van der Waals surface area contributed by atoms with E-state index < -0.39 is 0 Å². The van der Waals surface area contributed by atoms with Gasteiger partial charge < -0.3 is 24.8 Å². The number of nitrogens with zero attached hydrogens (tertiary/aromatic N) is 3. The van der Waals surface area contributed by atoms with Gasteiger partial charge in [0, 0.05) is 44.3 Å². The quantitative estimate of drug-likeness (QED) is 0.699. The summed E-state index contributed by atoms with van der Waals surface area (Å²) in [4.78, 5) is 18.9. The van der Waals surface area contributed by atoms with Gasteiger partial charge in [0.25, 0.3) is 5.91 Å². The van der Waals surface area contributed by atoms with Crippen LogP contribution in [0.1, 0.15) is 31.2 Å². The van der Waals surface area contributed by atoms with Gasteiger partial charge in [0.05, 0.1) is 0 Å². The molecule has 6 nitrogen and oxygen atoms in total. The predicted molar refractivity (Wildman–Crippen MR) is 113 cm³/mol. The first-order valence-corrected chi connectivity index (χ1v) is 10.7. The highest BCUT2D eigenvalue weighted by Crippen LogP contribution is 2.19. The number of ether oxygens (including phenoxy) is 1. The van der Waals surface area contributed by atoms with Crippen molar-refractivity contribution in [3.05, 3.63) is 29.8 Å². The van der Waals surface area contributed by atoms with Gasteiger partial charge in [-0.1, -0.05) is 18.2 Å². The molecule has 0 bridgehead atoms. The number of benzene rings is 1. The number of hydrogen-bond donors (Lipinski definition) is 1. The molecule has 0 radical (unpaired) electrons. The Balaban J connectivity index is 1.42. The average Bonchev–Trinajstić information content (AvgIpc) is 3.25. The van der Waals surface area contributed by atoms with Crippen molar-refractivity contribution in [3.8, 4) is 5.75 Å². The van der Waals surface area contributed by atoms with Gasteiger partial charge in [-0.05, 0) is 58.9 Å². The largest absolute Gasteiger partial charge is 0.483 e. The zero-order valence-corrected chi connectivity index (χ0v) is 17.5. The fraction of sp³-hybridized carbons (Fsp3) is 0.682. The summed E-state index contributed by atoms with van der Waals surface area (Å²) in [5.41, 5.74) is 1.13. The predicted octanol–water partition coefficient (Wildman–Crippen LogP) is 1.80. The molecule has 2 aliphatic heterocycles. The van der Waals surface area contributed by atoms with E-state index in [1.54, 1.807) is 0 Å². The van der Waals surface area contributed by atoms with Gasteiger partial charge in [-0.15, -0.1) is 0 Å². The summed E-state index contributed by atoms with van der Waals surface area (Å²) in [6, 6.07) is 8.63. The Bertz CT molecular complexity index is 608. The zero-order chi connectivity index (χ0) is 19.8. The van der Waals surface area contributed by atoms with Gasteiger partial charge in [0.1, 0.15) is 5.75 Å². The highest BCUT2D eigenvalue weighted by Gasteiger charge is 2.20. The number of carbonyl (C=O) groups is 1. The lowest BCUT2D eigenvalue weighted by molar-refractivity contribution is -0.132. The summed E-state index contributed by atoms with van der Waals surface area (Å²) in [5.74, 6) is 0.927. The molecular weight excluding hydrogens is 352 g/mol. The molecular formula is C22H36N4O2. The molecule has 6 heteroatoms. The number of amides is 1. The Morgan fingerprint density at radius 3 is 2.57 bits per heavy atom. The highest BCUT2D eigenvalue weighted by atomic mass is 16.5. The third kappa shape index (κ3) is 6.47. The van der Waals surface area contributed by atoms with E-state index in [4.69, 9.17) is 4.74 Å². The highest BCUT2D eigenvalue weighted by molar-refractivity contribution is 5.78. The molecule has 0 aromatic heterocycles. The van der Waals surface area contributed by atoms with Gasteiger partial charge in [-0.2, -0.15) is 0 Å². The Labute approximate surface area is 169 Å². The minimum absolute atomic E-state index is 0.102. The van der Waals surface area contributed by atoms with Crippen LogP contribution in [0.25, 0.3) is 0 Å². The molecule has 0 atom stereocenters. The average molecular weight is 389 g/mol. The van der Waals surface area contributed by atoms with Gasteiger partial charge in [0.2, 0.25) is 0 Å². The molecule has 2 saturated heterocycles. The first kappa shape index (κ1) is 21.1. The van der Waals surface area contributed by atoms with Crippen LogP contribution in [0.2, 0.25) is 0 Å². The Morgan fingerprint density at radius 2 is 1.86 bits per heavy atom. The molecule has 2 aliphatic rings. The first-order valence-electron chi connectivity index (χ1n) is 10.7.